The van der Waals surface area contributed by atoms with Crippen molar-refractivity contribution in [3.63, 3.8) is 0 Å². The number of aromatic nitrogens is 2. The molecule has 1 aromatic heterocycles. The number of rotatable bonds is 2. The number of nitro groups is 1. The molecule has 106 valence electrons. The zero-order chi connectivity index (χ0) is 15.1. The lowest BCUT2D eigenvalue weighted by Gasteiger charge is -2.12. The largest absolute Gasteiger partial charge is 0.406 e. The molecule has 1 aromatic carbocycles. The molecule has 0 aliphatic heterocycles. The van der Waals surface area contributed by atoms with Crippen molar-refractivity contribution >= 4 is 16.6 Å². The molecule has 0 amide bonds. The van der Waals surface area contributed by atoms with E-state index in [-0.39, 0.29) is 22.3 Å². The third kappa shape index (κ3) is 2.60. The van der Waals surface area contributed by atoms with Crippen LogP contribution in [0.1, 0.15) is 5.69 Å². The Morgan fingerprint density at radius 2 is 2.05 bits per heavy atom. The predicted molar refractivity (Wildman–Crippen MR) is 63.4 cm³/mol. The zero-order valence-electron chi connectivity index (χ0n) is 10.1. The monoisotopic (exact) mass is 287 g/mol. The first-order valence-corrected chi connectivity index (χ1v) is 5.41. The van der Waals surface area contributed by atoms with E-state index in [1.807, 2.05) is 0 Å². The van der Waals surface area contributed by atoms with Crippen LogP contribution in [0.25, 0.3) is 10.9 Å². The quantitative estimate of drug-likeness (QED) is 0.626. The average molecular weight is 287 g/mol. The summed E-state index contributed by atoms with van der Waals surface area (Å²) in [6, 6.07) is 3.27. The first kappa shape index (κ1) is 14.0. The van der Waals surface area contributed by atoms with Gasteiger partial charge in [0.25, 0.3) is 5.69 Å². The lowest BCUT2D eigenvalue weighted by atomic mass is 10.1. The van der Waals surface area contributed by atoms with E-state index in [0.717, 1.165) is 18.2 Å². The summed E-state index contributed by atoms with van der Waals surface area (Å²) in [5.74, 6) is 0. The summed E-state index contributed by atoms with van der Waals surface area (Å²) >= 11 is 0. The average Bonchev–Trinajstić information content (AvgIpc) is 2.32. The molecule has 0 aliphatic carbocycles. The highest BCUT2D eigenvalue weighted by Gasteiger charge is 2.29. The van der Waals surface area contributed by atoms with E-state index in [4.69, 9.17) is 0 Å². The van der Waals surface area contributed by atoms with E-state index in [1.165, 1.54) is 6.92 Å². The molecule has 0 saturated carbocycles. The zero-order valence-corrected chi connectivity index (χ0v) is 10.1. The Labute approximate surface area is 109 Å². The standard InChI is InChI=1S/C11H8F3N3O3/c1-6-8-4-7(17(19)20)2-3-9(8)16(10(18)15-6)5-11(12,13)14/h2-4H,5H2,1H3. The van der Waals surface area contributed by atoms with Gasteiger partial charge in [-0.2, -0.15) is 18.2 Å². The van der Waals surface area contributed by atoms with Crippen molar-refractivity contribution in [3.8, 4) is 0 Å². The molecule has 0 bridgehead atoms. The van der Waals surface area contributed by atoms with Gasteiger partial charge in [-0.3, -0.25) is 14.7 Å². The second-order valence-electron chi connectivity index (χ2n) is 4.14. The maximum absolute atomic E-state index is 12.5. The van der Waals surface area contributed by atoms with E-state index in [2.05, 4.69) is 4.98 Å². The lowest BCUT2D eigenvalue weighted by Crippen LogP contribution is -2.30. The molecule has 2 rings (SSSR count). The van der Waals surface area contributed by atoms with Crippen molar-refractivity contribution in [2.45, 2.75) is 19.6 Å². The van der Waals surface area contributed by atoms with Gasteiger partial charge in [-0.1, -0.05) is 0 Å². The highest BCUT2D eigenvalue weighted by molar-refractivity contribution is 5.83. The van der Waals surface area contributed by atoms with Gasteiger partial charge in [0.1, 0.15) is 6.54 Å². The van der Waals surface area contributed by atoms with Crippen molar-refractivity contribution in [3.05, 3.63) is 44.5 Å². The number of hydrogen-bond donors (Lipinski definition) is 0. The van der Waals surface area contributed by atoms with E-state index >= 15 is 0 Å². The Kier molecular flexibility index (Phi) is 3.20. The molecular weight excluding hydrogens is 279 g/mol. The molecule has 0 fully saturated rings. The normalized spacial score (nSPS) is 11.8. The van der Waals surface area contributed by atoms with E-state index < -0.39 is 23.3 Å². The Morgan fingerprint density at radius 3 is 2.60 bits per heavy atom. The van der Waals surface area contributed by atoms with Crippen LogP contribution in [0.4, 0.5) is 18.9 Å². The van der Waals surface area contributed by atoms with Crippen molar-refractivity contribution < 1.29 is 18.1 Å². The fourth-order valence-corrected chi connectivity index (χ4v) is 1.86. The summed E-state index contributed by atoms with van der Waals surface area (Å²) < 4.78 is 37.8. The van der Waals surface area contributed by atoms with Gasteiger partial charge in [0.05, 0.1) is 16.1 Å². The summed E-state index contributed by atoms with van der Waals surface area (Å²) in [6.07, 6.45) is -4.59. The smallest absolute Gasteiger partial charge is 0.283 e. The van der Waals surface area contributed by atoms with Crippen LogP contribution >= 0.6 is 0 Å². The fourth-order valence-electron chi connectivity index (χ4n) is 1.86. The van der Waals surface area contributed by atoms with Gasteiger partial charge in [0.15, 0.2) is 0 Å². The van der Waals surface area contributed by atoms with Crippen LogP contribution in [0, 0.1) is 17.0 Å². The molecule has 0 aliphatic rings. The molecule has 2 aromatic rings. The summed E-state index contributed by atoms with van der Waals surface area (Å²) in [5.41, 5.74) is -1.21. The van der Waals surface area contributed by atoms with Crippen LogP contribution in [0.15, 0.2) is 23.0 Å². The maximum Gasteiger partial charge on any atom is 0.406 e. The summed E-state index contributed by atoms with van der Waals surface area (Å²) in [6.45, 7) is -0.0845. The van der Waals surface area contributed by atoms with E-state index in [9.17, 15) is 28.1 Å². The first-order valence-electron chi connectivity index (χ1n) is 5.41. The highest BCUT2D eigenvalue weighted by Crippen LogP contribution is 2.24. The minimum atomic E-state index is -4.59. The van der Waals surface area contributed by atoms with Crippen molar-refractivity contribution in [1.29, 1.82) is 0 Å². The van der Waals surface area contributed by atoms with Crippen LogP contribution in [-0.4, -0.2) is 20.7 Å². The highest BCUT2D eigenvalue weighted by atomic mass is 19.4. The lowest BCUT2D eigenvalue weighted by molar-refractivity contribution is -0.384. The van der Waals surface area contributed by atoms with E-state index in [0.29, 0.717) is 4.57 Å². The van der Waals surface area contributed by atoms with Gasteiger partial charge >= 0.3 is 11.9 Å². The number of non-ortho nitro benzene ring substituents is 1. The molecule has 0 unspecified atom stereocenters. The summed E-state index contributed by atoms with van der Waals surface area (Å²) in [5, 5.41) is 10.8. The van der Waals surface area contributed by atoms with Crippen LogP contribution in [-0.2, 0) is 6.54 Å². The minimum Gasteiger partial charge on any atom is -0.283 e. The van der Waals surface area contributed by atoms with Gasteiger partial charge in [-0.15, -0.1) is 0 Å². The van der Waals surface area contributed by atoms with Gasteiger partial charge < -0.3 is 0 Å². The molecular formula is C11H8F3N3O3. The molecule has 0 saturated heterocycles. The maximum atomic E-state index is 12.5. The molecule has 20 heavy (non-hydrogen) atoms. The van der Waals surface area contributed by atoms with Crippen molar-refractivity contribution in [2.75, 3.05) is 0 Å². The molecule has 0 radical (unpaired) electrons. The molecule has 1 heterocycles. The second-order valence-corrected chi connectivity index (χ2v) is 4.14. The summed E-state index contributed by atoms with van der Waals surface area (Å²) in [7, 11) is 0. The van der Waals surface area contributed by atoms with Crippen molar-refractivity contribution in [1.82, 2.24) is 9.55 Å². The topological polar surface area (TPSA) is 78.0 Å². The van der Waals surface area contributed by atoms with Crippen LogP contribution in [0.5, 0.6) is 0 Å². The molecule has 9 heteroatoms. The fraction of sp³-hybridized carbons (Fsp3) is 0.273. The minimum absolute atomic E-state index is 0.0366. The Bertz CT molecular complexity index is 752. The van der Waals surface area contributed by atoms with Crippen LogP contribution < -0.4 is 5.69 Å². The predicted octanol–water partition coefficient (Wildman–Crippen LogP) is 2.18. The molecule has 0 N–H and O–H groups in total. The molecule has 6 nitrogen and oxygen atoms in total. The van der Waals surface area contributed by atoms with Crippen molar-refractivity contribution in [2.24, 2.45) is 0 Å². The molecule has 0 spiro atoms. The number of hydrogen-bond acceptors (Lipinski definition) is 4. The summed E-state index contributed by atoms with van der Waals surface area (Å²) in [4.78, 5) is 25.0. The van der Waals surface area contributed by atoms with Gasteiger partial charge in [0, 0.05) is 17.5 Å². The number of nitrogens with zero attached hydrogens (tertiary/aromatic N) is 3. The number of halogens is 3. The Balaban J connectivity index is 2.76. The number of nitro benzene ring substituents is 1. The first-order chi connectivity index (χ1) is 9.19. The Morgan fingerprint density at radius 1 is 1.40 bits per heavy atom. The Hall–Kier alpha value is -2.45. The van der Waals surface area contributed by atoms with Gasteiger partial charge in [-0.05, 0) is 13.0 Å². The van der Waals surface area contributed by atoms with E-state index in [1.54, 1.807) is 0 Å². The SMILES string of the molecule is Cc1nc(=O)n(CC(F)(F)F)c2ccc([N+](=O)[O-])cc12. The number of benzene rings is 1. The number of fused-ring (bicyclic) bond motifs is 1. The third-order valence-corrected chi connectivity index (χ3v) is 2.70. The number of alkyl halides is 3. The van der Waals surface area contributed by atoms with Gasteiger partial charge in [-0.25, -0.2) is 4.79 Å². The number of aryl methyl sites for hydroxylation is 1. The van der Waals surface area contributed by atoms with Gasteiger partial charge in [0.2, 0.25) is 0 Å². The van der Waals surface area contributed by atoms with Crippen LogP contribution in [0.2, 0.25) is 0 Å². The second kappa shape index (κ2) is 4.58. The third-order valence-electron chi connectivity index (χ3n) is 2.70. The van der Waals surface area contributed by atoms with Crippen LogP contribution in [0.3, 0.4) is 0 Å². The molecule has 0 atom stereocenters.